The topological polar surface area (TPSA) is 79.2 Å². The van der Waals surface area contributed by atoms with Gasteiger partial charge in [-0.15, -0.1) is 0 Å². The summed E-state index contributed by atoms with van der Waals surface area (Å²) < 4.78 is 11.1. The molecular weight excluding hydrogens is 262 g/mol. The zero-order valence-corrected chi connectivity index (χ0v) is 11.2. The van der Waals surface area contributed by atoms with Crippen LogP contribution in [0.5, 0.6) is 11.5 Å². The molecule has 20 heavy (non-hydrogen) atoms. The van der Waals surface area contributed by atoms with Gasteiger partial charge in [0.2, 0.25) is 0 Å². The van der Waals surface area contributed by atoms with Crippen molar-refractivity contribution in [3.63, 3.8) is 0 Å². The van der Waals surface area contributed by atoms with Gasteiger partial charge in [0.25, 0.3) is 5.91 Å². The summed E-state index contributed by atoms with van der Waals surface area (Å²) in [6.45, 7) is 1.25. The number of carbonyl (C=O) groups is 1. The van der Waals surface area contributed by atoms with E-state index in [-0.39, 0.29) is 32.2 Å². The third kappa shape index (κ3) is 3.40. The fourth-order valence-corrected chi connectivity index (χ4v) is 2.04. The van der Waals surface area contributed by atoms with Gasteiger partial charge < -0.3 is 24.6 Å². The normalized spacial score (nSPS) is 13.7. The fourth-order valence-electron chi connectivity index (χ4n) is 2.04. The van der Waals surface area contributed by atoms with Gasteiger partial charge in [0.05, 0.1) is 26.4 Å². The summed E-state index contributed by atoms with van der Waals surface area (Å²) in [6, 6.07) is 5.02. The number of nitrogens with zero attached hydrogens (tertiary/aromatic N) is 1. The van der Waals surface area contributed by atoms with Crippen LogP contribution in [-0.2, 0) is 0 Å². The van der Waals surface area contributed by atoms with Crippen LogP contribution in [0.2, 0.25) is 0 Å². The lowest BCUT2D eigenvalue weighted by Gasteiger charge is -2.21. The van der Waals surface area contributed by atoms with Gasteiger partial charge in [-0.1, -0.05) is 0 Å². The Labute approximate surface area is 117 Å². The number of aliphatic hydroxyl groups is 2. The zero-order chi connectivity index (χ0) is 14.4. The number of aliphatic hydroxyl groups excluding tert-OH is 2. The van der Waals surface area contributed by atoms with Crippen molar-refractivity contribution in [1.82, 2.24) is 4.90 Å². The maximum atomic E-state index is 12.3. The van der Waals surface area contributed by atoms with E-state index in [1.54, 1.807) is 18.2 Å². The van der Waals surface area contributed by atoms with E-state index in [1.165, 1.54) is 4.90 Å². The summed E-state index contributed by atoms with van der Waals surface area (Å²) in [5, 5.41) is 17.9. The average Bonchev–Trinajstić information content (AvgIpc) is 2.70. The molecule has 0 saturated heterocycles. The minimum atomic E-state index is -0.247. The number of hydrogen-bond donors (Lipinski definition) is 2. The molecule has 110 valence electrons. The molecule has 0 fully saturated rings. The number of ether oxygens (including phenoxy) is 2. The predicted octanol–water partition coefficient (Wildman–Crippen LogP) is 0.275. The molecule has 0 atom stereocenters. The second kappa shape index (κ2) is 7.12. The molecular formula is C14H19NO5. The van der Waals surface area contributed by atoms with E-state index in [9.17, 15) is 4.79 Å². The van der Waals surface area contributed by atoms with Crippen LogP contribution in [0, 0.1) is 0 Å². The number of rotatable bonds is 5. The van der Waals surface area contributed by atoms with Crippen LogP contribution in [0.25, 0.3) is 0 Å². The molecule has 2 N–H and O–H groups in total. The van der Waals surface area contributed by atoms with Crippen molar-refractivity contribution >= 4 is 5.91 Å². The molecule has 2 rings (SSSR count). The monoisotopic (exact) mass is 281 g/mol. The van der Waals surface area contributed by atoms with Crippen LogP contribution < -0.4 is 9.47 Å². The summed E-state index contributed by atoms with van der Waals surface area (Å²) in [7, 11) is 0. The molecule has 0 saturated carbocycles. The first-order valence-electron chi connectivity index (χ1n) is 6.67. The van der Waals surface area contributed by atoms with Gasteiger partial charge >= 0.3 is 0 Å². The van der Waals surface area contributed by atoms with Gasteiger partial charge in [-0.2, -0.15) is 0 Å². The first kappa shape index (κ1) is 14.6. The molecule has 0 radical (unpaired) electrons. The largest absolute Gasteiger partial charge is 0.490 e. The van der Waals surface area contributed by atoms with E-state index in [0.717, 1.165) is 6.42 Å². The predicted molar refractivity (Wildman–Crippen MR) is 72.1 cm³/mol. The molecule has 0 aliphatic carbocycles. The first-order valence-corrected chi connectivity index (χ1v) is 6.67. The summed E-state index contributed by atoms with van der Waals surface area (Å²) in [5.74, 6) is 0.944. The van der Waals surface area contributed by atoms with Gasteiger partial charge in [-0.3, -0.25) is 4.79 Å². The Balaban J connectivity index is 2.19. The summed E-state index contributed by atoms with van der Waals surface area (Å²) in [5.41, 5.74) is 0.455. The highest BCUT2D eigenvalue weighted by Crippen LogP contribution is 2.30. The molecule has 6 heteroatoms. The highest BCUT2D eigenvalue weighted by atomic mass is 16.5. The van der Waals surface area contributed by atoms with Crippen molar-refractivity contribution in [2.24, 2.45) is 0 Å². The van der Waals surface area contributed by atoms with E-state index in [1.807, 2.05) is 0 Å². The molecule has 1 aromatic carbocycles. The van der Waals surface area contributed by atoms with Gasteiger partial charge in [0.1, 0.15) is 0 Å². The Morgan fingerprint density at radius 1 is 1.10 bits per heavy atom. The first-order chi connectivity index (χ1) is 9.76. The lowest BCUT2D eigenvalue weighted by Crippen LogP contribution is -2.35. The zero-order valence-electron chi connectivity index (χ0n) is 11.2. The number of hydrogen-bond acceptors (Lipinski definition) is 5. The van der Waals surface area contributed by atoms with Gasteiger partial charge in [-0.05, 0) is 18.2 Å². The van der Waals surface area contributed by atoms with E-state index >= 15 is 0 Å². The van der Waals surface area contributed by atoms with Crippen LogP contribution >= 0.6 is 0 Å². The highest BCUT2D eigenvalue weighted by Gasteiger charge is 2.18. The van der Waals surface area contributed by atoms with Gasteiger partial charge in [-0.25, -0.2) is 0 Å². The molecule has 1 aliphatic rings. The van der Waals surface area contributed by atoms with Gasteiger partial charge in [0.15, 0.2) is 11.5 Å². The summed E-state index contributed by atoms with van der Waals surface area (Å²) in [6.07, 6.45) is 0.805. The van der Waals surface area contributed by atoms with Crippen molar-refractivity contribution in [1.29, 1.82) is 0 Å². The number of benzene rings is 1. The third-order valence-corrected chi connectivity index (χ3v) is 3.02. The Bertz CT molecular complexity index is 457. The molecule has 1 aromatic rings. The maximum absolute atomic E-state index is 12.3. The minimum Gasteiger partial charge on any atom is -0.490 e. The third-order valence-electron chi connectivity index (χ3n) is 3.02. The second-order valence-electron chi connectivity index (χ2n) is 4.45. The minimum absolute atomic E-state index is 0.143. The van der Waals surface area contributed by atoms with Crippen LogP contribution in [0.1, 0.15) is 16.8 Å². The maximum Gasteiger partial charge on any atom is 0.254 e. The van der Waals surface area contributed by atoms with Gasteiger partial charge in [0, 0.05) is 25.1 Å². The van der Waals surface area contributed by atoms with Crippen molar-refractivity contribution in [3.05, 3.63) is 23.8 Å². The SMILES string of the molecule is O=C(c1ccc2c(c1)OCCCO2)N(CCO)CCO. The average molecular weight is 281 g/mol. The summed E-state index contributed by atoms with van der Waals surface area (Å²) >= 11 is 0. The smallest absolute Gasteiger partial charge is 0.254 e. The Morgan fingerprint density at radius 3 is 2.40 bits per heavy atom. The fraction of sp³-hybridized carbons (Fsp3) is 0.500. The van der Waals surface area contributed by atoms with E-state index < -0.39 is 0 Å². The van der Waals surface area contributed by atoms with Crippen LogP contribution in [-0.4, -0.2) is 60.5 Å². The molecule has 0 unspecified atom stereocenters. The molecule has 0 bridgehead atoms. The highest BCUT2D eigenvalue weighted by molar-refractivity contribution is 5.95. The molecule has 1 amide bonds. The van der Waals surface area contributed by atoms with Crippen LogP contribution in [0.4, 0.5) is 0 Å². The van der Waals surface area contributed by atoms with Crippen molar-refractivity contribution in [2.75, 3.05) is 39.5 Å². The number of carbonyl (C=O) groups excluding carboxylic acids is 1. The van der Waals surface area contributed by atoms with Crippen LogP contribution in [0.15, 0.2) is 18.2 Å². The Hall–Kier alpha value is -1.79. The van der Waals surface area contributed by atoms with E-state index in [2.05, 4.69) is 0 Å². The standard InChI is InChI=1S/C14H19NO5/c16-6-4-15(5-7-17)14(18)11-2-3-12-13(10-11)20-9-1-8-19-12/h2-3,10,16-17H,1,4-9H2. The number of fused-ring (bicyclic) bond motifs is 1. The quantitative estimate of drug-likeness (QED) is 0.810. The van der Waals surface area contributed by atoms with Crippen molar-refractivity contribution in [3.8, 4) is 11.5 Å². The number of amides is 1. The molecule has 1 aliphatic heterocycles. The van der Waals surface area contributed by atoms with Crippen LogP contribution in [0.3, 0.4) is 0 Å². The van der Waals surface area contributed by atoms with E-state index in [0.29, 0.717) is 30.3 Å². The van der Waals surface area contributed by atoms with Crippen molar-refractivity contribution < 1.29 is 24.5 Å². The molecule has 6 nitrogen and oxygen atoms in total. The molecule has 0 spiro atoms. The van der Waals surface area contributed by atoms with E-state index in [4.69, 9.17) is 19.7 Å². The second-order valence-corrected chi connectivity index (χ2v) is 4.45. The molecule has 0 aromatic heterocycles. The lowest BCUT2D eigenvalue weighted by molar-refractivity contribution is 0.0684. The summed E-state index contributed by atoms with van der Waals surface area (Å²) in [4.78, 5) is 13.7. The Morgan fingerprint density at radius 2 is 1.75 bits per heavy atom. The molecule has 1 heterocycles. The lowest BCUT2D eigenvalue weighted by atomic mass is 10.1. The van der Waals surface area contributed by atoms with Crippen molar-refractivity contribution in [2.45, 2.75) is 6.42 Å². The Kier molecular flexibility index (Phi) is 5.20.